The lowest BCUT2D eigenvalue weighted by atomic mass is 10.2. The van der Waals surface area contributed by atoms with Crippen LogP contribution < -0.4 is 14.8 Å². The molecule has 1 N–H and O–H groups in total. The van der Waals surface area contributed by atoms with Crippen LogP contribution in [0, 0.1) is 6.92 Å². The molecule has 1 atom stereocenters. The fourth-order valence-corrected chi connectivity index (χ4v) is 1.95. The number of aryl methyl sites for hydroxylation is 1. The second-order valence-electron chi connectivity index (χ2n) is 5.14. The van der Waals surface area contributed by atoms with Gasteiger partial charge in [-0.25, -0.2) is 0 Å². The highest BCUT2D eigenvalue weighted by Gasteiger charge is 2.14. The highest BCUT2D eigenvalue weighted by atomic mass is 16.5. The van der Waals surface area contributed by atoms with Crippen molar-refractivity contribution in [1.29, 1.82) is 0 Å². The van der Waals surface area contributed by atoms with Crippen LogP contribution in [0.1, 0.15) is 18.1 Å². The minimum absolute atomic E-state index is 0.142. The normalized spacial score (nSPS) is 11.6. The van der Waals surface area contributed by atoms with Crippen LogP contribution >= 0.6 is 0 Å². The minimum atomic E-state index is -0.541. The van der Waals surface area contributed by atoms with Gasteiger partial charge < -0.3 is 14.8 Å². The lowest BCUT2D eigenvalue weighted by Crippen LogP contribution is -2.35. The van der Waals surface area contributed by atoms with Crippen LogP contribution in [0.15, 0.2) is 48.5 Å². The molecule has 0 fully saturated rings. The first-order chi connectivity index (χ1) is 10.6. The van der Waals surface area contributed by atoms with E-state index < -0.39 is 6.10 Å². The summed E-state index contributed by atoms with van der Waals surface area (Å²) in [6.07, 6.45) is -0.541. The minimum Gasteiger partial charge on any atom is -0.497 e. The van der Waals surface area contributed by atoms with Crippen molar-refractivity contribution in [2.75, 3.05) is 7.11 Å². The molecule has 0 bridgehead atoms. The van der Waals surface area contributed by atoms with Crippen molar-refractivity contribution in [2.45, 2.75) is 26.5 Å². The Hall–Kier alpha value is -2.49. The number of methoxy groups -OCH3 is 1. The van der Waals surface area contributed by atoms with Crippen molar-refractivity contribution < 1.29 is 14.3 Å². The fourth-order valence-electron chi connectivity index (χ4n) is 1.95. The first-order valence-corrected chi connectivity index (χ1v) is 7.22. The Bertz CT molecular complexity index is 605. The van der Waals surface area contributed by atoms with Gasteiger partial charge in [-0.05, 0) is 43.7 Å². The third kappa shape index (κ3) is 4.52. The first kappa shape index (κ1) is 15.9. The van der Waals surface area contributed by atoms with Gasteiger partial charge in [0.2, 0.25) is 0 Å². The van der Waals surface area contributed by atoms with Crippen LogP contribution in [0.2, 0.25) is 0 Å². The highest BCUT2D eigenvalue weighted by molar-refractivity contribution is 5.80. The number of carbonyl (C=O) groups is 1. The van der Waals surface area contributed by atoms with E-state index in [1.165, 1.54) is 0 Å². The average Bonchev–Trinajstić information content (AvgIpc) is 2.55. The Morgan fingerprint density at radius 3 is 2.23 bits per heavy atom. The van der Waals surface area contributed by atoms with E-state index in [9.17, 15) is 4.79 Å². The van der Waals surface area contributed by atoms with Crippen LogP contribution in [0.5, 0.6) is 11.5 Å². The van der Waals surface area contributed by atoms with E-state index in [1.54, 1.807) is 14.0 Å². The second kappa shape index (κ2) is 7.50. The SMILES string of the molecule is COc1ccc(CNC(=O)C(C)Oc2ccc(C)cc2)cc1. The lowest BCUT2D eigenvalue weighted by molar-refractivity contribution is -0.127. The summed E-state index contributed by atoms with van der Waals surface area (Å²) in [4.78, 5) is 12.0. The molecule has 4 heteroatoms. The zero-order chi connectivity index (χ0) is 15.9. The van der Waals surface area contributed by atoms with Crippen LogP contribution in [-0.4, -0.2) is 19.1 Å². The van der Waals surface area contributed by atoms with E-state index in [1.807, 2.05) is 55.5 Å². The van der Waals surface area contributed by atoms with Gasteiger partial charge in [0.15, 0.2) is 6.10 Å². The maximum atomic E-state index is 12.0. The topological polar surface area (TPSA) is 47.6 Å². The molecule has 116 valence electrons. The van der Waals surface area contributed by atoms with Crippen molar-refractivity contribution in [3.63, 3.8) is 0 Å². The van der Waals surface area contributed by atoms with Crippen molar-refractivity contribution in [1.82, 2.24) is 5.32 Å². The van der Waals surface area contributed by atoms with E-state index >= 15 is 0 Å². The quantitative estimate of drug-likeness (QED) is 0.891. The van der Waals surface area contributed by atoms with Gasteiger partial charge in [0.25, 0.3) is 5.91 Å². The zero-order valence-corrected chi connectivity index (χ0v) is 13.1. The molecule has 0 heterocycles. The second-order valence-corrected chi connectivity index (χ2v) is 5.14. The molecular weight excluding hydrogens is 278 g/mol. The average molecular weight is 299 g/mol. The molecule has 4 nitrogen and oxygen atoms in total. The van der Waals surface area contributed by atoms with Crippen LogP contribution in [0.4, 0.5) is 0 Å². The fraction of sp³-hybridized carbons (Fsp3) is 0.278. The summed E-state index contributed by atoms with van der Waals surface area (Å²) in [6, 6.07) is 15.2. The molecule has 22 heavy (non-hydrogen) atoms. The number of hydrogen-bond acceptors (Lipinski definition) is 3. The molecule has 2 rings (SSSR count). The van der Waals surface area contributed by atoms with E-state index in [-0.39, 0.29) is 5.91 Å². The predicted molar refractivity (Wildman–Crippen MR) is 86.1 cm³/mol. The van der Waals surface area contributed by atoms with Gasteiger partial charge in [-0.3, -0.25) is 4.79 Å². The molecule has 0 aliphatic carbocycles. The third-order valence-corrected chi connectivity index (χ3v) is 3.33. The van der Waals surface area contributed by atoms with Crippen molar-refractivity contribution in [3.05, 3.63) is 59.7 Å². The van der Waals surface area contributed by atoms with Crippen LogP contribution in [0.25, 0.3) is 0 Å². The smallest absolute Gasteiger partial charge is 0.261 e. The molecule has 2 aromatic carbocycles. The summed E-state index contributed by atoms with van der Waals surface area (Å²) in [5, 5.41) is 2.86. The van der Waals surface area contributed by atoms with E-state index in [0.29, 0.717) is 12.3 Å². The predicted octanol–water partition coefficient (Wildman–Crippen LogP) is 3.09. The van der Waals surface area contributed by atoms with Gasteiger partial charge in [0.05, 0.1) is 7.11 Å². The monoisotopic (exact) mass is 299 g/mol. The molecule has 0 aliphatic heterocycles. The molecule has 0 aliphatic rings. The number of nitrogens with one attached hydrogen (secondary N) is 1. The number of amides is 1. The summed E-state index contributed by atoms with van der Waals surface area (Å²) < 4.78 is 10.7. The van der Waals surface area contributed by atoms with Crippen molar-refractivity contribution >= 4 is 5.91 Å². The summed E-state index contributed by atoms with van der Waals surface area (Å²) in [5.74, 6) is 1.35. The Morgan fingerprint density at radius 2 is 1.64 bits per heavy atom. The molecule has 0 radical (unpaired) electrons. The van der Waals surface area contributed by atoms with Gasteiger partial charge in [-0.1, -0.05) is 29.8 Å². The first-order valence-electron chi connectivity index (χ1n) is 7.22. The van der Waals surface area contributed by atoms with E-state index in [4.69, 9.17) is 9.47 Å². The van der Waals surface area contributed by atoms with Gasteiger partial charge in [0.1, 0.15) is 11.5 Å². The number of hydrogen-bond donors (Lipinski definition) is 1. The number of ether oxygens (including phenoxy) is 2. The van der Waals surface area contributed by atoms with Crippen molar-refractivity contribution in [2.24, 2.45) is 0 Å². The lowest BCUT2D eigenvalue weighted by Gasteiger charge is -2.15. The maximum Gasteiger partial charge on any atom is 0.261 e. The molecule has 0 saturated heterocycles. The molecular formula is C18H21NO3. The summed E-state index contributed by atoms with van der Waals surface area (Å²) in [6.45, 7) is 4.21. The van der Waals surface area contributed by atoms with Crippen molar-refractivity contribution in [3.8, 4) is 11.5 Å². The molecule has 1 unspecified atom stereocenters. The van der Waals surface area contributed by atoms with Gasteiger partial charge in [-0.15, -0.1) is 0 Å². The van der Waals surface area contributed by atoms with E-state index in [2.05, 4.69) is 5.32 Å². The Labute approximate surface area is 131 Å². The summed E-state index contributed by atoms with van der Waals surface area (Å²) in [7, 11) is 1.63. The molecule has 0 saturated carbocycles. The largest absolute Gasteiger partial charge is 0.497 e. The molecule has 2 aromatic rings. The van der Waals surface area contributed by atoms with Crippen LogP contribution in [-0.2, 0) is 11.3 Å². The Morgan fingerprint density at radius 1 is 1.05 bits per heavy atom. The molecule has 1 amide bonds. The Balaban J connectivity index is 1.84. The highest BCUT2D eigenvalue weighted by Crippen LogP contribution is 2.14. The zero-order valence-electron chi connectivity index (χ0n) is 13.1. The third-order valence-electron chi connectivity index (χ3n) is 3.33. The van der Waals surface area contributed by atoms with E-state index in [0.717, 1.165) is 16.9 Å². The maximum absolute atomic E-state index is 12.0. The number of benzene rings is 2. The number of rotatable bonds is 6. The molecule has 0 spiro atoms. The Kier molecular flexibility index (Phi) is 5.42. The van der Waals surface area contributed by atoms with Gasteiger partial charge in [0, 0.05) is 6.54 Å². The van der Waals surface area contributed by atoms with Crippen LogP contribution in [0.3, 0.4) is 0 Å². The molecule has 0 aromatic heterocycles. The van der Waals surface area contributed by atoms with Gasteiger partial charge in [-0.2, -0.15) is 0 Å². The number of carbonyl (C=O) groups excluding carboxylic acids is 1. The summed E-state index contributed by atoms with van der Waals surface area (Å²) in [5.41, 5.74) is 2.17. The summed E-state index contributed by atoms with van der Waals surface area (Å²) >= 11 is 0. The standard InChI is InChI=1S/C18H21NO3/c1-13-4-8-17(9-5-13)22-14(2)18(20)19-12-15-6-10-16(21-3)11-7-15/h4-11,14H,12H2,1-3H3,(H,19,20). The van der Waals surface area contributed by atoms with Gasteiger partial charge >= 0.3 is 0 Å².